The Morgan fingerprint density at radius 1 is 1.04 bits per heavy atom. The van der Waals surface area contributed by atoms with Gasteiger partial charge in [0.25, 0.3) is 5.91 Å². The molecular formula is C20H23N3O3. The number of benzene rings is 2. The van der Waals surface area contributed by atoms with Crippen molar-refractivity contribution in [3.8, 4) is 0 Å². The van der Waals surface area contributed by atoms with Gasteiger partial charge in [0.2, 0.25) is 0 Å². The first kappa shape index (κ1) is 19.1. The fourth-order valence-electron chi connectivity index (χ4n) is 2.21. The van der Waals surface area contributed by atoms with Gasteiger partial charge in [-0.25, -0.2) is 4.79 Å². The maximum Gasteiger partial charge on any atom is 0.332 e. The molecule has 0 aromatic heterocycles. The van der Waals surface area contributed by atoms with Crippen LogP contribution in [0.3, 0.4) is 0 Å². The molecule has 0 atom stereocenters. The van der Waals surface area contributed by atoms with Crippen LogP contribution in [0.5, 0.6) is 0 Å². The van der Waals surface area contributed by atoms with Crippen LogP contribution in [0.25, 0.3) is 0 Å². The van der Waals surface area contributed by atoms with E-state index in [2.05, 4.69) is 15.4 Å². The second kappa shape index (κ2) is 9.27. The molecule has 0 heterocycles. The largest absolute Gasteiger partial charge is 0.466 e. The summed E-state index contributed by atoms with van der Waals surface area (Å²) < 4.78 is 4.64. The summed E-state index contributed by atoms with van der Waals surface area (Å²) in [5.41, 5.74) is 2.81. The van der Waals surface area contributed by atoms with Crippen LogP contribution >= 0.6 is 0 Å². The number of carbonyl (C=O) groups is 2. The number of hydrogen-bond donors (Lipinski definition) is 2. The molecule has 2 rings (SSSR count). The van der Waals surface area contributed by atoms with Crippen LogP contribution in [0.1, 0.15) is 5.56 Å². The lowest BCUT2D eigenvalue weighted by molar-refractivity contribution is -0.135. The van der Waals surface area contributed by atoms with Crippen LogP contribution in [-0.2, 0) is 20.9 Å². The van der Waals surface area contributed by atoms with Gasteiger partial charge in [-0.3, -0.25) is 4.79 Å². The maximum absolute atomic E-state index is 12.5. The van der Waals surface area contributed by atoms with Crippen molar-refractivity contribution in [2.45, 2.75) is 6.54 Å². The molecule has 2 aromatic carbocycles. The molecule has 0 saturated carbocycles. The van der Waals surface area contributed by atoms with Crippen LogP contribution in [0.2, 0.25) is 0 Å². The van der Waals surface area contributed by atoms with Crippen molar-refractivity contribution in [3.63, 3.8) is 0 Å². The lowest BCUT2D eigenvalue weighted by Gasteiger charge is -2.15. The van der Waals surface area contributed by atoms with Crippen molar-refractivity contribution >= 4 is 23.3 Å². The van der Waals surface area contributed by atoms with Crippen molar-refractivity contribution < 1.29 is 14.3 Å². The number of nitrogens with zero attached hydrogens (tertiary/aromatic N) is 1. The molecule has 0 aliphatic rings. The summed E-state index contributed by atoms with van der Waals surface area (Å²) in [5, 5.41) is 5.77. The monoisotopic (exact) mass is 353 g/mol. The molecule has 6 heteroatoms. The first-order valence-electron chi connectivity index (χ1n) is 8.16. The van der Waals surface area contributed by atoms with Crippen LogP contribution in [0, 0.1) is 0 Å². The fraction of sp³-hybridized carbons (Fsp3) is 0.200. The normalized spacial score (nSPS) is 10.8. The molecule has 26 heavy (non-hydrogen) atoms. The standard InChI is InChI=1S/C20H23N3O3/c1-23(2)17-11-9-16(10-12-17)22-18(13-19(24)26-3)20(25)21-14-15-7-5-4-6-8-15/h4-13,22H,14H2,1-3H3,(H,21,25)/b18-13-. The quantitative estimate of drug-likeness (QED) is 0.591. The predicted molar refractivity (Wildman–Crippen MR) is 103 cm³/mol. The smallest absolute Gasteiger partial charge is 0.332 e. The molecule has 6 nitrogen and oxygen atoms in total. The molecule has 0 radical (unpaired) electrons. The highest BCUT2D eigenvalue weighted by molar-refractivity contribution is 6.01. The predicted octanol–water partition coefficient (Wildman–Crippen LogP) is 2.54. The van der Waals surface area contributed by atoms with Crippen molar-refractivity contribution in [2.24, 2.45) is 0 Å². The molecule has 136 valence electrons. The van der Waals surface area contributed by atoms with Gasteiger partial charge in [-0.05, 0) is 29.8 Å². The minimum Gasteiger partial charge on any atom is -0.466 e. The molecule has 0 bridgehead atoms. The minimum absolute atomic E-state index is 0.116. The third-order valence-corrected chi connectivity index (χ3v) is 3.67. The Hall–Kier alpha value is -3.28. The lowest BCUT2D eigenvalue weighted by atomic mass is 10.2. The highest BCUT2D eigenvalue weighted by Crippen LogP contribution is 2.17. The van der Waals surface area contributed by atoms with Gasteiger partial charge in [0, 0.05) is 32.0 Å². The van der Waals surface area contributed by atoms with Crippen molar-refractivity contribution in [1.29, 1.82) is 0 Å². The van der Waals surface area contributed by atoms with Gasteiger partial charge in [0.15, 0.2) is 0 Å². The Kier molecular flexibility index (Phi) is 6.79. The summed E-state index contributed by atoms with van der Waals surface area (Å²) in [5.74, 6) is -0.997. The number of rotatable bonds is 7. The van der Waals surface area contributed by atoms with Crippen molar-refractivity contribution in [2.75, 3.05) is 31.4 Å². The van der Waals surface area contributed by atoms with Crippen LogP contribution < -0.4 is 15.5 Å². The van der Waals surface area contributed by atoms with E-state index in [0.717, 1.165) is 17.3 Å². The summed E-state index contributed by atoms with van der Waals surface area (Å²) in [6, 6.07) is 17.0. The molecule has 2 N–H and O–H groups in total. The van der Waals surface area contributed by atoms with E-state index >= 15 is 0 Å². The van der Waals surface area contributed by atoms with E-state index in [0.29, 0.717) is 12.2 Å². The van der Waals surface area contributed by atoms with Crippen LogP contribution in [-0.4, -0.2) is 33.1 Å². The zero-order valence-corrected chi connectivity index (χ0v) is 15.2. The van der Waals surface area contributed by atoms with E-state index in [1.807, 2.05) is 73.6 Å². The number of esters is 1. The molecule has 0 unspecified atom stereocenters. The summed E-state index contributed by atoms with van der Waals surface area (Å²) >= 11 is 0. The Morgan fingerprint density at radius 2 is 1.69 bits per heavy atom. The Bertz CT molecular complexity index is 769. The van der Waals surface area contributed by atoms with Crippen molar-refractivity contribution in [1.82, 2.24) is 5.32 Å². The minimum atomic E-state index is -0.604. The first-order chi connectivity index (χ1) is 12.5. The van der Waals surface area contributed by atoms with E-state index in [1.165, 1.54) is 7.11 Å². The number of methoxy groups -OCH3 is 1. The molecule has 0 fully saturated rings. The fourth-order valence-corrected chi connectivity index (χ4v) is 2.21. The third-order valence-electron chi connectivity index (χ3n) is 3.67. The molecular weight excluding hydrogens is 330 g/mol. The van der Waals surface area contributed by atoms with Crippen molar-refractivity contribution in [3.05, 3.63) is 71.9 Å². The van der Waals surface area contributed by atoms with E-state index < -0.39 is 11.9 Å². The van der Waals surface area contributed by atoms with Gasteiger partial charge in [-0.2, -0.15) is 0 Å². The van der Waals surface area contributed by atoms with Gasteiger partial charge in [-0.15, -0.1) is 0 Å². The number of amides is 1. The van der Waals surface area contributed by atoms with Crippen LogP contribution in [0.15, 0.2) is 66.4 Å². The molecule has 2 aromatic rings. The van der Waals surface area contributed by atoms with E-state index in [-0.39, 0.29) is 5.70 Å². The van der Waals surface area contributed by atoms with E-state index in [1.54, 1.807) is 0 Å². The second-order valence-electron chi connectivity index (χ2n) is 5.82. The Morgan fingerprint density at radius 3 is 2.27 bits per heavy atom. The van der Waals surface area contributed by atoms with Gasteiger partial charge < -0.3 is 20.3 Å². The molecule has 0 saturated heterocycles. The molecule has 0 aliphatic heterocycles. The maximum atomic E-state index is 12.5. The summed E-state index contributed by atoms with van der Waals surface area (Å²) in [6.07, 6.45) is 1.14. The van der Waals surface area contributed by atoms with Crippen LogP contribution in [0.4, 0.5) is 11.4 Å². The second-order valence-corrected chi connectivity index (χ2v) is 5.82. The Balaban J connectivity index is 2.11. The van der Waals surface area contributed by atoms with Gasteiger partial charge in [-0.1, -0.05) is 30.3 Å². The number of anilines is 2. The SMILES string of the molecule is COC(=O)/C=C(\Nc1ccc(N(C)C)cc1)C(=O)NCc1ccccc1. The first-order valence-corrected chi connectivity index (χ1v) is 8.16. The summed E-state index contributed by atoms with van der Waals surface area (Å²) in [4.78, 5) is 26.1. The van der Waals surface area contributed by atoms with Gasteiger partial charge >= 0.3 is 5.97 Å². The topological polar surface area (TPSA) is 70.7 Å². The zero-order chi connectivity index (χ0) is 18.9. The third kappa shape index (κ3) is 5.66. The highest BCUT2D eigenvalue weighted by Gasteiger charge is 2.12. The number of hydrogen-bond acceptors (Lipinski definition) is 5. The average Bonchev–Trinajstić information content (AvgIpc) is 2.66. The lowest BCUT2D eigenvalue weighted by Crippen LogP contribution is -2.28. The summed E-state index contributed by atoms with van der Waals surface area (Å²) in [6.45, 7) is 0.361. The van der Waals surface area contributed by atoms with Gasteiger partial charge in [0.05, 0.1) is 13.2 Å². The Labute approximate surface area is 153 Å². The average molecular weight is 353 g/mol. The number of carbonyl (C=O) groups excluding carboxylic acids is 2. The highest BCUT2D eigenvalue weighted by atomic mass is 16.5. The molecule has 0 aliphatic carbocycles. The zero-order valence-electron chi connectivity index (χ0n) is 15.2. The van der Waals surface area contributed by atoms with E-state index in [4.69, 9.17) is 0 Å². The molecule has 1 amide bonds. The number of ether oxygens (including phenoxy) is 1. The number of nitrogens with one attached hydrogen (secondary N) is 2. The van der Waals surface area contributed by atoms with E-state index in [9.17, 15) is 9.59 Å². The summed E-state index contributed by atoms with van der Waals surface area (Å²) in [7, 11) is 5.16. The molecule has 0 spiro atoms. The van der Waals surface area contributed by atoms with Gasteiger partial charge in [0.1, 0.15) is 5.70 Å².